The van der Waals surface area contributed by atoms with E-state index in [0.717, 1.165) is 5.57 Å². The normalized spacial score (nSPS) is 26.3. The molecule has 1 heterocycles. The van der Waals surface area contributed by atoms with E-state index >= 15 is 0 Å². The molecule has 9 heteroatoms. The molecule has 1 aromatic rings. The molecule has 2 aliphatic rings. The summed E-state index contributed by atoms with van der Waals surface area (Å²) < 4.78 is 10.8. The second kappa shape index (κ2) is 8.47. The number of primary amides is 1. The Kier molecular flexibility index (Phi) is 5.97. The molecule has 0 radical (unpaired) electrons. The van der Waals surface area contributed by atoms with Crippen molar-refractivity contribution in [1.29, 1.82) is 21.2 Å². The molecule has 0 spiro atoms. The smallest absolute Gasteiger partial charge is 0.255 e. The molecule has 3 rings (SSSR count). The van der Waals surface area contributed by atoms with Crippen molar-refractivity contribution in [1.82, 2.24) is 0 Å². The van der Waals surface area contributed by atoms with Crippen molar-refractivity contribution >= 4 is 11.6 Å². The predicted molar refractivity (Wildman–Crippen MR) is 109 cm³/mol. The summed E-state index contributed by atoms with van der Waals surface area (Å²) in [6.45, 7) is 1.01. The molecule has 1 aliphatic carbocycles. The molecule has 31 heavy (non-hydrogen) atoms. The topological polar surface area (TPSA) is 161 Å². The van der Waals surface area contributed by atoms with Crippen LogP contribution in [-0.4, -0.2) is 45.5 Å². The first-order valence-electron chi connectivity index (χ1n) is 9.74. The van der Waals surface area contributed by atoms with Gasteiger partial charge in [-0.25, -0.2) is 0 Å². The van der Waals surface area contributed by atoms with E-state index in [9.17, 15) is 20.6 Å². The second-order valence-electron chi connectivity index (χ2n) is 7.83. The molecule has 0 bridgehead atoms. The van der Waals surface area contributed by atoms with E-state index in [2.05, 4.69) is 18.2 Å². The summed E-state index contributed by atoms with van der Waals surface area (Å²) in [6, 6.07) is 11.2. The molecule has 0 saturated heterocycles. The van der Waals surface area contributed by atoms with Crippen LogP contribution in [0.25, 0.3) is 0 Å². The van der Waals surface area contributed by atoms with Crippen LogP contribution in [0.4, 0.5) is 0 Å². The van der Waals surface area contributed by atoms with Crippen molar-refractivity contribution in [3.63, 3.8) is 0 Å². The van der Waals surface area contributed by atoms with E-state index < -0.39 is 23.2 Å². The minimum atomic E-state index is -1.79. The number of likely N-dealkylation sites (N-methyl/N-ethyl adjacent to an activating group) is 1. The van der Waals surface area contributed by atoms with E-state index in [1.54, 1.807) is 18.2 Å². The van der Waals surface area contributed by atoms with Crippen LogP contribution in [0, 0.1) is 56.7 Å². The minimum absolute atomic E-state index is 0.194. The van der Waals surface area contributed by atoms with Gasteiger partial charge in [0, 0.05) is 11.8 Å². The monoisotopic (exact) mass is 419 g/mol. The number of benzene rings is 1. The number of quaternary nitrogens is 1. The number of nitriles is 3. The van der Waals surface area contributed by atoms with Gasteiger partial charge >= 0.3 is 0 Å². The number of rotatable bonds is 5. The van der Waals surface area contributed by atoms with Gasteiger partial charge in [0.25, 0.3) is 5.91 Å². The molecule has 1 aromatic carbocycles. The van der Waals surface area contributed by atoms with Gasteiger partial charge in [0.05, 0.1) is 51.2 Å². The van der Waals surface area contributed by atoms with Gasteiger partial charge in [-0.15, -0.1) is 0 Å². The third-order valence-electron chi connectivity index (χ3n) is 6.00. The number of nitrogens with two attached hydrogens (primary N) is 1. The van der Waals surface area contributed by atoms with Crippen LogP contribution in [0.3, 0.4) is 0 Å². The van der Waals surface area contributed by atoms with E-state index in [-0.39, 0.29) is 18.2 Å². The van der Waals surface area contributed by atoms with Gasteiger partial charge in [-0.2, -0.15) is 15.8 Å². The van der Waals surface area contributed by atoms with Gasteiger partial charge in [-0.3, -0.25) is 4.79 Å². The Morgan fingerprint density at radius 1 is 1.32 bits per heavy atom. The highest BCUT2D eigenvalue weighted by atomic mass is 16.5. The second-order valence-corrected chi connectivity index (χ2v) is 7.83. The molecule has 158 valence electrons. The van der Waals surface area contributed by atoms with Gasteiger partial charge in [-0.1, -0.05) is 6.07 Å². The standard InChI is InChI=1S/C22H22N6O3/c1-28-6-5-14-15(8-23)21(27)22(11-24,12-25)20(16(14)9-28)13-3-4-17(18(7-13)30-2)31-10-19(26)29/h3-5,7,15-16,20,27H,6,9-10H2,1-2H3,(H2,26,29)/p+1/t15?,16-,20+/m1/s1. The van der Waals surface area contributed by atoms with Crippen LogP contribution < -0.4 is 20.1 Å². The van der Waals surface area contributed by atoms with E-state index in [4.69, 9.17) is 20.6 Å². The largest absolute Gasteiger partial charge is 0.493 e. The molecule has 1 saturated carbocycles. The van der Waals surface area contributed by atoms with Crippen molar-refractivity contribution in [2.75, 3.05) is 33.9 Å². The van der Waals surface area contributed by atoms with Crippen LogP contribution in [0.5, 0.6) is 11.5 Å². The molecule has 9 nitrogen and oxygen atoms in total. The molecule has 2 unspecified atom stereocenters. The fraction of sp³-hybridized carbons (Fsp3) is 0.409. The third kappa shape index (κ3) is 3.59. The van der Waals surface area contributed by atoms with Crippen LogP contribution in [0.15, 0.2) is 29.8 Å². The van der Waals surface area contributed by atoms with Crippen LogP contribution in [0.2, 0.25) is 0 Å². The van der Waals surface area contributed by atoms with Crippen LogP contribution in [-0.2, 0) is 4.79 Å². The maximum atomic E-state index is 11.1. The number of nitrogens with zero attached hydrogens (tertiary/aromatic N) is 3. The quantitative estimate of drug-likeness (QED) is 0.566. The van der Waals surface area contributed by atoms with Crippen LogP contribution in [0.1, 0.15) is 11.5 Å². The number of ether oxygens (including phenoxy) is 2. The summed E-state index contributed by atoms with van der Waals surface area (Å²) in [5.41, 5.74) is 4.57. The molecule has 4 N–H and O–H groups in total. The molecule has 1 aliphatic heterocycles. The van der Waals surface area contributed by atoms with Gasteiger partial charge < -0.3 is 25.5 Å². The highest BCUT2D eigenvalue weighted by Gasteiger charge is 2.58. The number of fused-ring (bicyclic) bond motifs is 1. The van der Waals surface area contributed by atoms with Crippen molar-refractivity contribution in [2.45, 2.75) is 5.92 Å². The van der Waals surface area contributed by atoms with Crippen molar-refractivity contribution < 1.29 is 19.2 Å². The van der Waals surface area contributed by atoms with Crippen molar-refractivity contribution in [3.05, 3.63) is 35.4 Å². The lowest BCUT2D eigenvalue weighted by atomic mass is 9.54. The Morgan fingerprint density at radius 2 is 2.03 bits per heavy atom. The summed E-state index contributed by atoms with van der Waals surface area (Å²) in [5.74, 6) is -1.85. The van der Waals surface area contributed by atoms with Crippen LogP contribution >= 0.6 is 0 Å². The first-order valence-corrected chi connectivity index (χ1v) is 9.74. The Balaban J connectivity index is 2.18. The summed E-state index contributed by atoms with van der Waals surface area (Å²) in [6.07, 6.45) is 1.96. The molecule has 4 atom stereocenters. The SMILES string of the molecule is COc1cc([C@H]2[C@@H]3C[NH+](C)CC=C3C(C#N)C(=N)C2(C#N)C#N)ccc1OCC(N)=O. The number of amides is 1. The van der Waals surface area contributed by atoms with Gasteiger partial charge in [0.1, 0.15) is 5.92 Å². The highest BCUT2D eigenvalue weighted by molar-refractivity contribution is 6.00. The van der Waals surface area contributed by atoms with Crippen molar-refractivity contribution in [2.24, 2.45) is 23.0 Å². The Hall–Kier alpha value is -3.87. The lowest BCUT2D eigenvalue weighted by molar-refractivity contribution is -0.878. The summed E-state index contributed by atoms with van der Waals surface area (Å²) in [7, 11) is 3.45. The number of hydrogen-bond acceptors (Lipinski definition) is 7. The average molecular weight is 419 g/mol. The maximum absolute atomic E-state index is 11.1. The first kappa shape index (κ1) is 21.8. The zero-order valence-electron chi connectivity index (χ0n) is 17.3. The summed E-state index contributed by atoms with van der Waals surface area (Å²) in [5, 5.41) is 38.5. The molecule has 0 aromatic heterocycles. The number of hydrogen-bond donors (Lipinski definition) is 3. The first-order chi connectivity index (χ1) is 14.8. The Bertz CT molecular complexity index is 1060. The summed E-state index contributed by atoms with van der Waals surface area (Å²) >= 11 is 0. The zero-order valence-corrected chi connectivity index (χ0v) is 17.3. The number of carbonyl (C=O) groups is 1. The summed E-state index contributed by atoms with van der Waals surface area (Å²) in [4.78, 5) is 12.2. The molecular formula is C22H23N6O3+. The molecule has 1 fully saturated rings. The fourth-order valence-corrected chi connectivity index (χ4v) is 4.58. The van der Waals surface area contributed by atoms with E-state index in [1.807, 2.05) is 13.1 Å². The molecule has 1 amide bonds. The lowest BCUT2D eigenvalue weighted by Gasteiger charge is -2.46. The van der Waals surface area contributed by atoms with Gasteiger partial charge in [0.15, 0.2) is 23.5 Å². The number of methoxy groups -OCH3 is 1. The minimum Gasteiger partial charge on any atom is -0.493 e. The average Bonchev–Trinajstić information content (AvgIpc) is 2.77. The third-order valence-corrected chi connectivity index (χ3v) is 6.00. The maximum Gasteiger partial charge on any atom is 0.255 e. The Morgan fingerprint density at radius 3 is 2.61 bits per heavy atom. The van der Waals surface area contributed by atoms with E-state index in [0.29, 0.717) is 30.2 Å². The fourth-order valence-electron chi connectivity index (χ4n) is 4.58. The predicted octanol–water partition coefficient (Wildman–Crippen LogP) is -0.0795. The Labute approximate surface area is 180 Å². The number of carbonyl (C=O) groups excluding carboxylic acids is 1. The van der Waals surface area contributed by atoms with E-state index in [1.165, 1.54) is 12.0 Å². The van der Waals surface area contributed by atoms with Crippen molar-refractivity contribution in [3.8, 4) is 29.7 Å². The number of nitrogens with one attached hydrogen (secondary N) is 2. The highest BCUT2D eigenvalue weighted by Crippen LogP contribution is 2.53. The lowest BCUT2D eigenvalue weighted by Crippen LogP contribution is -3.10. The molecular weight excluding hydrogens is 396 g/mol. The van der Waals surface area contributed by atoms with Gasteiger partial charge in [0.2, 0.25) is 0 Å². The van der Waals surface area contributed by atoms with Gasteiger partial charge in [-0.05, 0) is 29.3 Å². The zero-order chi connectivity index (χ0) is 22.8.